The fourth-order valence-corrected chi connectivity index (χ4v) is 6.13. The van der Waals surface area contributed by atoms with Crippen LogP contribution in [0.15, 0.2) is 54.2 Å². The van der Waals surface area contributed by atoms with Crippen LogP contribution in [-0.4, -0.2) is 58.7 Å². The van der Waals surface area contributed by atoms with E-state index >= 15 is 0 Å². The predicted octanol–water partition coefficient (Wildman–Crippen LogP) is 4.13. The summed E-state index contributed by atoms with van der Waals surface area (Å²) in [5.41, 5.74) is 4.44. The number of nitrogens with zero attached hydrogens (tertiary/aromatic N) is 4. The molecule has 1 aromatic heterocycles. The molecular formula is C27H25FN4O3S. The van der Waals surface area contributed by atoms with Crippen molar-refractivity contribution in [2.45, 2.75) is 19.3 Å². The minimum atomic E-state index is -0.352. The summed E-state index contributed by atoms with van der Waals surface area (Å²) in [4.78, 5) is 48.4. The topological polar surface area (TPSA) is 73.8 Å². The Morgan fingerprint density at radius 2 is 1.69 bits per heavy atom. The van der Waals surface area contributed by atoms with Crippen molar-refractivity contribution in [3.05, 3.63) is 76.0 Å². The number of anilines is 2. The molecule has 0 spiro atoms. The molecule has 0 saturated carbocycles. The second-order valence-corrected chi connectivity index (χ2v) is 10.6. The molecule has 184 valence electrons. The zero-order valence-corrected chi connectivity index (χ0v) is 20.4. The Bertz CT molecular complexity index is 1310. The third kappa shape index (κ3) is 4.07. The van der Waals surface area contributed by atoms with Crippen LogP contribution in [0.2, 0.25) is 0 Å². The summed E-state index contributed by atoms with van der Waals surface area (Å²) in [6.07, 6.45) is 3.76. The quantitative estimate of drug-likeness (QED) is 0.536. The van der Waals surface area contributed by atoms with Crippen LogP contribution in [0.1, 0.15) is 38.4 Å². The van der Waals surface area contributed by atoms with E-state index in [-0.39, 0.29) is 30.0 Å². The number of rotatable bonds is 4. The van der Waals surface area contributed by atoms with E-state index in [9.17, 15) is 18.8 Å². The summed E-state index contributed by atoms with van der Waals surface area (Å²) in [6, 6.07) is 11.2. The van der Waals surface area contributed by atoms with Crippen LogP contribution in [0.5, 0.6) is 0 Å². The molecule has 0 unspecified atom stereocenters. The largest absolute Gasteiger partial charge is 0.338 e. The van der Waals surface area contributed by atoms with Gasteiger partial charge in [0.1, 0.15) is 10.7 Å². The van der Waals surface area contributed by atoms with Crippen molar-refractivity contribution < 1.29 is 18.8 Å². The molecule has 9 heteroatoms. The van der Waals surface area contributed by atoms with Crippen molar-refractivity contribution in [2.24, 2.45) is 11.8 Å². The molecule has 3 aliphatic heterocycles. The number of likely N-dealkylation sites (tertiary alicyclic amines) is 2. The molecule has 2 aromatic carbocycles. The van der Waals surface area contributed by atoms with Gasteiger partial charge in [0.05, 0.1) is 23.8 Å². The van der Waals surface area contributed by atoms with E-state index in [4.69, 9.17) is 0 Å². The molecule has 7 nitrogen and oxygen atoms in total. The molecule has 0 aliphatic carbocycles. The summed E-state index contributed by atoms with van der Waals surface area (Å²) in [5, 5.41) is 0. The zero-order valence-electron chi connectivity index (χ0n) is 19.6. The molecule has 3 amide bonds. The Labute approximate surface area is 212 Å². The van der Waals surface area contributed by atoms with Gasteiger partial charge in [0.15, 0.2) is 0 Å². The summed E-state index contributed by atoms with van der Waals surface area (Å²) in [5.74, 6) is 0.579. The maximum atomic E-state index is 13.3. The van der Waals surface area contributed by atoms with E-state index in [0.717, 1.165) is 50.3 Å². The van der Waals surface area contributed by atoms with Crippen LogP contribution >= 0.6 is 11.3 Å². The second kappa shape index (κ2) is 9.13. The molecule has 0 radical (unpaired) electrons. The monoisotopic (exact) mass is 504 g/mol. The van der Waals surface area contributed by atoms with Crippen molar-refractivity contribution in [2.75, 3.05) is 31.1 Å². The van der Waals surface area contributed by atoms with Gasteiger partial charge in [-0.25, -0.2) is 4.39 Å². The average molecular weight is 505 g/mol. The van der Waals surface area contributed by atoms with Crippen molar-refractivity contribution in [3.8, 4) is 0 Å². The number of piperidine rings is 1. The number of aromatic nitrogens is 1. The third-order valence-electron chi connectivity index (χ3n) is 7.58. The van der Waals surface area contributed by atoms with Crippen LogP contribution in [0.25, 0.3) is 0 Å². The molecule has 0 bridgehead atoms. The molecule has 2 fully saturated rings. The van der Waals surface area contributed by atoms with Gasteiger partial charge in [0.2, 0.25) is 5.91 Å². The number of amides is 3. The molecule has 0 atom stereocenters. The molecule has 36 heavy (non-hydrogen) atoms. The molecule has 0 N–H and O–H groups in total. The maximum absolute atomic E-state index is 13.3. The fourth-order valence-electron chi connectivity index (χ4n) is 5.54. The van der Waals surface area contributed by atoms with E-state index in [0.29, 0.717) is 28.0 Å². The van der Waals surface area contributed by atoms with E-state index in [2.05, 4.69) is 4.98 Å². The van der Waals surface area contributed by atoms with Gasteiger partial charge in [-0.3, -0.25) is 24.3 Å². The second-order valence-electron chi connectivity index (χ2n) is 9.69. The van der Waals surface area contributed by atoms with Crippen LogP contribution < -0.4 is 4.90 Å². The summed E-state index contributed by atoms with van der Waals surface area (Å²) < 4.78 is 13.3. The Balaban J connectivity index is 1.06. The van der Waals surface area contributed by atoms with Crippen LogP contribution in [0.4, 0.5) is 15.8 Å². The van der Waals surface area contributed by atoms with Crippen molar-refractivity contribution >= 4 is 40.4 Å². The fraction of sp³-hybridized carbons (Fsp3) is 0.333. The molecule has 6 rings (SSSR count). The summed E-state index contributed by atoms with van der Waals surface area (Å²) in [6.45, 7) is 2.94. The highest BCUT2D eigenvalue weighted by atomic mass is 32.1. The van der Waals surface area contributed by atoms with Gasteiger partial charge in [-0.15, -0.1) is 11.3 Å². The number of hydrogen-bond acceptors (Lipinski definition) is 5. The first-order valence-electron chi connectivity index (χ1n) is 12.2. The van der Waals surface area contributed by atoms with Gasteiger partial charge >= 0.3 is 0 Å². The lowest BCUT2D eigenvalue weighted by Gasteiger charge is -2.46. The number of thiazole rings is 1. The number of hydrogen-bond donors (Lipinski definition) is 0. The maximum Gasteiger partial charge on any atom is 0.265 e. The molecule has 4 heterocycles. The average Bonchev–Trinajstić information content (AvgIpc) is 3.51. The third-order valence-corrected chi connectivity index (χ3v) is 8.34. The van der Waals surface area contributed by atoms with Gasteiger partial charge < -0.3 is 9.80 Å². The minimum absolute atomic E-state index is 0.0143. The first-order valence-corrected chi connectivity index (χ1v) is 13.0. The first-order chi connectivity index (χ1) is 17.5. The van der Waals surface area contributed by atoms with Gasteiger partial charge in [0, 0.05) is 37.4 Å². The van der Waals surface area contributed by atoms with E-state index in [1.54, 1.807) is 34.8 Å². The van der Waals surface area contributed by atoms with Crippen molar-refractivity contribution in [1.82, 2.24) is 14.8 Å². The minimum Gasteiger partial charge on any atom is -0.338 e. The van der Waals surface area contributed by atoms with Crippen LogP contribution in [-0.2, 0) is 11.2 Å². The Kier molecular flexibility index (Phi) is 5.79. The number of carbonyl (C=O) groups is 3. The van der Waals surface area contributed by atoms with Gasteiger partial charge in [-0.2, -0.15) is 0 Å². The van der Waals surface area contributed by atoms with Crippen LogP contribution in [0, 0.1) is 17.7 Å². The van der Waals surface area contributed by atoms with Gasteiger partial charge in [0.25, 0.3) is 11.8 Å². The zero-order chi connectivity index (χ0) is 24.8. The van der Waals surface area contributed by atoms with Gasteiger partial charge in [-0.05, 0) is 72.7 Å². The Morgan fingerprint density at radius 1 is 0.944 bits per heavy atom. The highest BCUT2D eigenvalue weighted by Crippen LogP contribution is 2.37. The Hall–Kier alpha value is -3.59. The molecular weight excluding hydrogens is 479 g/mol. The van der Waals surface area contributed by atoms with Gasteiger partial charge in [-0.1, -0.05) is 0 Å². The SMILES string of the molecule is O=C(c1ccc2c(c1)CC(=O)N2c1ccc(F)cc1)N1CC(C2CCN(C(=O)c3cncs3)CC2)C1. The number of halogens is 1. The van der Waals surface area contributed by atoms with Crippen molar-refractivity contribution in [3.63, 3.8) is 0 Å². The summed E-state index contributed by atoms with van der Waals surface area (Å²) >= 11 is 1.37. The van der Waals surface area contributed by atoms with E-state index in [1.165, 1.54) is 23.5 Å². The normalized spacial score (nSPS) is 18.4. The molecule has 2 saturated heterocycles. The lowest BCUT2D eigenvalue weighted by molar-refractivity contribution is -0.116. The summed E-state index contributed by atoms with van der Waals surface area (Å²) in [7, 11) is 0. The predicted molar refractivity (Wildman–Crippen MR) is 134 cm³/mol. The standard InChI is InChI=1S/C27H25FN4O3S/c28-21-2-4-22(5-3-21)32-23-6-1-18(11-19(23)12-25(32)33)26(34)31-14-20(15-31)17-7-9-30(10-8-17)27(35)24-13-29-16-36-24/h1-6,11,13,16-17,20H,7-10,12,14-15H2. The highest BCUT2D eigenvalue weighted by Gasteiger charge is 2.39. The highest BCUT2D eigenvalue weighted by molar-refractivity contribution is 7.11. The number of carbonyl (C=O) groups excluding carboxylic acids is 3. The van der Waals surface area contributed by atoms with Crippen molar-refractivity contribution in [1.29, 1.82) is 0 Å². The molecule has 3 aliphatic rings. The van der Waals surface area contributed by atoms with E-state index < -0.39 is 0 Å². The van der Waals surface area contributed by atoms with Crippen LogP contribution in [0.3, 0.4) is 0 Å². The lowest BCUT2D eigenvalue weighted by atomic mass is 9.79. The Morgan fingerprint density at radius 3 is 2.39 bits per heavy atom. The number of benzene rings is 2. The van der Waals surface area contributed by atoms with E-state index in [1.807, 2.05) is 21.9 Å². The lowest BCUT2D eigenvalue weighted by Crippen LogP contribution is -2.54. The smallest absolute Gasteiger partial charge is 0.265 e. The molecule has 3 aromatic rings. The number of fused-ring (bicyclic) bond motifs is 1. The first kappa shape index (κ1) is 22.8.